The normalized spacial score (nSPS) is 10.1. The molecule has 0 unspecified atom stereocenters. The largest absolute Gasteiger partial charge is 0.506 e. The van der Waals surface area contributed by atoms with Crippen LogP contribution in [0.25, 0.3) is 0 Å². The van der Waals surface area contributed by atoms with Gasteiger partial charge >= 0.3 is 0 Å². The fourth-order valence-electron chi connectivity index (χ4n) is 2.94. The van der Waals surface area contributed by atoms with Gasteiger partial charge in [0.1, 0.15) is 16.6 Å². The van der Waals surface area contributed by atoms with Crippen molar-refractivity contribution in [2.24, 2.45) is 0 Å². The van der Waals surface area contributed by atoms with E-state index in [0.29, 0.717) is 0 Å². The van der Waals surface area contributed by atoms with Crippen LogP contribution in [0.1, 0.15) is 20.9 Å². The summed E-state index contributed by atoms with van der Waals surface area (Å²) >= 11 is 11.5. The number of halogens is 3. The molecule has 3 aromatic carbocycles. The highest BCUT2D eigenvalue weighted by Gasteiger charge is 2.19. The second kappa shape index (κ2) is 12.5. The number of nitrogens with one attached hydrogen (secondary N) is 2. The van der Waals surface area contributed by atoms with Gasteiger partial charge in [-0.2, -0.15) is 0 Å². The summed E-state index contributed by atoms with van der Waals surface area (Å²) in [6, 6.07) is 13.9. The molecule has 0 aliphatic rings. The molecule has 39 heavy (non-hydrogen) atoms. The number of anilines is 2. The van der Waals surface area contributed by atoms with Crippen LogP contribution in [0.3, 0.4) is 0 Å². The van der Waals surface area contributed by atoms with Crippen molar-refractivity contribution in [1.82, 2.24) is 0 Å². The first-order valence-electron chi connectivity index (χ1n) is 10.5. The number of phenols is 1. The molecule has 3 N–H and O–H groups in total. The van der Waals surface area contributed by atoms with E-state index in [0.717, 1.165) is 18.2 Å². The molecule has 0 bridgehead atoms. The lowest BCUT2D eigenvalue weighted by Gasteiger charge is -2.08. The molecule has 1 aromatic heterocycles. The Labute approximate surface area is 227 Å². The summed E-state index contributed by atoms with van der Waals surface area (Å²) in [5, 5.41) is 35.4. The number of amides is 2. The first-order valence-corrected chi connectivity index (χ1v) is 11.2. The van der Waals surface area contributed by atoms with Gasteiger partial charge in [-0.15, -0.1) is 0 Å². The van der Waals surface area contributed by atoms with E-state index >= 15 is 0 Å². The second-order valence-electron chi connectivity index (χ2n) is 7.36. The first-order chi connectivity index (χ1) is 18.5. The Morgan fingerprint density at radius 1 is 0.846 bits per heavy atom. The van der Waals surface area contributed by atoms with Gasteiger partial charge in [0.15, 0.2) is 5.76 Å². The zero-order valence-corrected chi connectivity index (χ0v) is 20.8. The monoisotopic (exact) mass is 576 g/mol. The fourth-order valence-corrected chi connectivity index (χ4v) is 3.39. The summed E-state index contributed by atoms with van der Waals surface area (Å²) in [4.78, 5) is 43.4. The van der Waals surface area contributed by atoms with Gasteiger partial charge in [-0.05, 0) is 36.4 Å². The molecule has 0 fully saturated rings. The maximum absolute atomic E-state index is 13.5. The van der Waals surface area contributed by atoms with Gasteiger partial charge in [0.2, 0.25) is 0 Å². The van der Waals surface area contributed by atoms with E-state index < -0.39 is 38.9 Å². The minimum absolute atomic E-state index is 0.0871. The molecule has 200 valence electrons. The molecule has 0 saturated carbocycles. The lowest BCUT2D eigenvalue weighted by Crippen LogP contribution is -2.13. The van der Waals surface area contributed by atoms with Crippen molar-refractivity contribution in [3.63, 3.8) is 0 Å². The molecule has 0 aliphatic carbocycles. The minimum Gasteiger partial charge on any atom is -0.506 e. The van der Waals surface area contributed by atoms with E-state index in [1.54, 1.807) is 6.07 Å². The third kappa shape index (κ3) is 7.28. The quantitative estimate of drug-likeness (QED) is 0.133. The maximum atomic E-state index is 13.5. The van der Waals surface area contributed by atoms with Crippen molar-refractivity contribution in [2.45, 2.75) is 0 Å². The van der Waals surface area contributed by atoms with Gasteiger partial charge in [0.25, 0.3) is 23.2 Å². The van der Waals surface area contributed by atoms with Crippen LogP contribution in [0, 0.1) is 26.0 Å². The number of nitro groups is 2. The SMILES string of the molecule is O=C(Nc1cc(Cl)c([N+](=O)[O-])cc1O)c1ccccc1F.O=C(Nc1ccc([N+](=O)[O-])cc1Cl)c1ccco1. The zero-order valence-electron chi connectivity index (χ0n) is 19.3. The summed E-state index contributed by atoms with van der Waals surface area (Å²) in [5.41, 5.74) is -0.747. The zero-order chi connectivity index (χ0) is 28.7. The molecule has 4 rings (SSSR count). The molecule has 2 amide bonds. The van der Waals surface area contributed by atoms with Gasteiger partial charge in [-0.1, -0.05) is 35.3 Å². The number of hydrogen-bond donors (Lipinski definition) is 3. The van der Waals surface area contributed by atoms with Crippen molar-refractivity contribution < 1.29 is 33.3 Å². The Morgan fingerprint density at radius 3 is 2.13 bits per heavy atom. The summed E-state index contributed by atoms with van der Waals surface area (Å²) < 4.78 is 18.4. The molecule has 0 atom stereocenters. The number of phenolic OH excluding ortho intramolecular Hbond substituents is 1. The molecular formula is C24H15Cl2FN4O8. The summed E-state index contributed by atoms with van der Waals surface area (Å²) in [6.07, 6.45) is 1.37. The van der Waals surface area contributed by atoms with Crippen LogP contribution < -0.4 is 10.6 Å². The van der Waals surface area contributed by atoms with Crippen molar-refractivity contribution in [3.8, 4) is 5.75 Å². The maximum Gasteiger partial charge on any atom is 0.291 e. The fraction of sp³-hybridized carbons (Fsp3) is 0. The standard InChI is InChI=1S/C13H8ClFN2O4.C11H7ClN2O4/c14-8-5-10(12(18)6-11(8)17(20)21)16-13(19)7-3-1-2-4-9(7)15;12-8-6-7(14(16)17)3-4-9(8)13-11(15)10-2-1-5-18-10/h1-6,18H,(H,16,19);1-6H,(H,13,15). The predicted molar refractivity (Wildman–Crippen MR) is 139 cm³/mol. The molecule has 0 aliphatic heterocycles. The lowest BCUT2D eigenvalue weighted by atomic mass is 10.2. The Kier molecular flexibility index (Phi) is 9.15. The number of nitro benzene ring substituents is 2. The van der Waals surface area contributed by atoms with E-state index in [-0.39, 0.29) is 38.4 Å². The van der Waals surface area contributed by atoms with E-state index in [1.807, 2.05) is 0 Å². The topological polar surface area (TPSA) is 178 Å². The number of aromatic hydroxyl groups is 1. The Morgan fingerprint density at radius 2 is 1.54 bits per heavy atom. The van der Waals surface area contributed by atoms with Crippen LogP contribution in [-0.4, -0.2) is 26.8 Å². The predicted octanol–water partition coefficient (Wildman–Crippen LogP) is 6.44. The first kappa shape index (κ1) is 28.6. The number of benzene rings is 3. The molecular weight excluding hydrogens is 562 g/mol. The number of carbonyl (C=O) groups is 2. The minimum atomic E-state index is -0.812. The highest BCUT2D eigenvalue weighted by molar-refractivity contribution is 6.34. The van der Waals surface area contributed by atoms with Crippen LogP contribution in [0.2, 0.25) is 10.0 Å². The smallest absolute Gasteiger partial charge is 0.291 e. The van der Waals surface area contributed by atoms with Crippen molar-refractivity contribution in [3.05, 3.63) is 120 Å². The van der Waals surface area contributed by atoms with Gasteiger partial charge in [0.05, 0.1) is 44.1 Å². The Balaban J connectivity index is 0.000000218. The van der Waals surface area contributed by atoms with Gasteiger partial charge < -0.3 is 20.2 Å². The van der Waals surface area contributed by atoms with E-state index in [1.165, 1.54) is 48.7 Å². The van der Waals surface area contributed by atoms with Crippen LogP contribution in [-0.2, 0) is 0 Å². The van der Waals surface area contributed by atoms with E-state index in [4.69, 9.17) is 27.6 Å². The second-order valence-corrected chi connectivity index (χ2v) is 8.18. The van der Waals surface area contributed by atoms with Gasteiger partial charge in [0, 0.05) is 12.1 Å². The summed E-state index contributed by atoms with van der Waals surface area (Å²) in [7, 11) is 0. The summed E-state index contributed by atoms with van der Waals surface area (Å²) in [5.74, 6) is -2.44. The average molecular weight is 577 g/mol. The van der Waals surface area contributed by atoms with E-state index in [2.05, 4.69) is 10.6 Å². The Bertz CT molecular complexity index is 1560. The van der Waals surface area contributed by atoms with Crippen molar-refractivity contribution in [2.75, 3.05) is 10.6 Å². The summed E-state index contributed by atoms with van der Waals surface area (Å²) in [6.45, 7) is 0. The molecule has 15 heteroatoms. The van der Waals surface area contributed by atoms with Crippen LogP contribution >= 0.6 is 23.2 Å². The number of furan rings is 1. The van der Waals surface area contributed by atoms with Crippen LogP contribution in [0.5, 0.6) is 5.75 Å². The van der Waals surface area contributed by atoms with Crippen molar-refractivity contribution >= 4 is 57.8 Å². The molecule has 0 radical (unpaired) electrons. The molecule has 0 spiro atoms. The van der Waals surface area contributed by atoms with Crippen LogP contribution in [0.4, 0.5) is 27.1 Å². The average Bonchev–Trinajstić information content (AvgIpc) is 3.43. The van der Waals surface area contributed by atoms with E-state index in [9.17, 15) is 39.3 Å². The molecule has 12 nitrogen and oxygen atoms in total. The van der Waals surface area contributed by atoms with Gasteiger partial charge in [-0.25, -0.2) is 4.39 Å². The molecule has 1 heterocycles. The number of hydrogen-bond acceptors (Lipinski definition) is 8. The number of carbonyl (C=O) groups excluding carboxylic acids is 2. The third-order valence-electron chi connectivity index (χ3n) is 4.79. The number of rotatable bonds is 6. The van der Waals surface area contributed by atoms with Crippen LogP contribution in [0.15, 0.2) is 77.4 Å². The molecule has 0 saturated heterocycles. The van der Waals surface area contributed by atoms with Gasteiger partial charge in [-0.3, -0.25) is 29.8 Å². The highest BCUT2D eigenvalue weighted by atomic mass is 35.5. The number of non-ortho nitro benzene ring substituents is 1. The number of nitrogens with zero attached hydrogens (tertiary/aromatic N) is 2. The lowest BCUT2D eigenvalue weighted by molar-refractivity contribution is -0.385. The molecule has 4 aromatic rings. The Hall–Kier alpha value is -5.01. The van der Waals surface area contributed by atoms with Crippen molar-refractivity contribution in [1.29, 1.82) is 0 Å². The highest BCUT2D eigenvalue weighted by Crippen LogP contribution is 2.35. The third-order valence-corrected chi connectivity index (χ3v) is 5.40.